The highest BCUT2D eigenvalue weighted by Gasteiger charge is 2.13. The van der Waals surface area contributed by atoms with Crippen LogP contribution in [0.5, 0.6) is 5.75 Å². The summed E-state index contributed by atoms with van der Waals surface area (Å²) in [6, 6.07) is 8.36. The molecule has 0 aromatic heterocycles. The molecule has 0 aliphatic carbocycles. The molecule has 0 fully saturated rings. The van der Waals surface area contributed by atoms with Crippen molar-refractivity contribution in [2.75, 3.05) is 0 Å². The number of esters is 1. The molecule has 0 heterocycles. The molecule has 2 aromatic carbocycles. The molecule has 2 rings (SSSR count). The molecule has 108 valence electrons. The van der Waals surface area contributed by atoms with Crippen molar-refractivity contribution in [3.05, 3.63) is 76.8 Å². The largest absolute Gasteiger partial charge is 0.423 e. The van der Waals surface area contributed by atoms with Gasteiger partial charge < -0.3 is 4.74 Å². The van der Waals surface area contributed by atoms with Gasteiger partial charge in [-0.2, -0.15) is 0 Å². The van der Waals surface area contributed by atoms with E-state index in [1.54, 1.807) is 30.3 Å². The number of carbonyl (C=O) groups excluding carboxylic acids is 1. The Hall–Kier alpha value is -2.20. The van der Waals surface area contributed by atoms with Gasteiger partial charge in [-0.15, -0.1) is 6.58 Å². The third kappa shape index (κ3) is 3.67. The minimum atomic E-state index is -0.985. The highest BCUT2D eigenvalue weighted by atomic mass is 35.5. The van der Waals surface area contributed by atoms with Crippen molar-refractivity contribution in [3.8, 4) is 5.75 Å². The fourth-order valence-corrected chi connectivity index (χ4v) is 1.81. The normalized spacial score (nSPS) is 10.2. The van der Waals surface area contributed by atoms with Crippen molar-refractivity contribution in [1.82, 2.24) is 0 Å². The molecule has 0 unspecified atom stereocenters. The van der Waals surface area contributed by atoms with Crippen LogP contribution in [0, 0.1) is 11.6 Å². The Labute approximate surface area is 125 Å². The van der Waals surface area contributed by atoms with Crippen molar-refractivity contribution >= 4 is 17.6 Å². The first-order chi connectivity index (χ1) is 10.0. The number of halogens is 3. The third-order valence-electron chi connectivity index (χ3n) is 2.74. The molecule has 2 nitrogen and oxygen atoms in total. The quantitative estimate of drug-likeness (QED) is 0.358. The van der Waals surface area contributed by atoms with Crippen molar-refractivity contribution < 1.29 is 18.3 Å². The Bertz CT molecular complexity index is 658. The Morgan fingerprint density at radius 1 is 1.19 bits per heavy atom. The zero-order valence-corrected chi connectivity index (χ0v) is 11.7. The van der Waals surface area contributed by atoms with E-state index < -0.39 is 22.6 Å². The van der Waals surface area contributed by atoms with Crippen LogP contribution in [0.3, 0.4) is 0 Å². The summed E-state index contributed by atoms with van der Waals surface area (Å²) in [4.78, 5) is 11.9. The maximum atomic E-state index is 13.3. The summed E-state index contributed by atoms with van der Waals surface area (Å²) >= 11 is 5.35. The maximum absolute atomic E-state index is 13.3. The second-order valence-corrected chi connectivity index (χ2v) is 4.66. The van der Waals surface area contributed by atoms with Crippen molar-refractivity contribution in [2.24, 2.45) is 0 Å². The van der Waals surface area contributed by atoms with Crippen molar-refractivity contribution in [2.45, 2.75) is 6.42 Å². The lowest BCUT2D eigenvalue weighted by molar-refractivity contribution is 0.0734. The molecule has 0 saturated carbocycles. The van der Waals surface area contributed by atoms with E-state index in [0.29, 0.717) is 6.42 Å². The smallest absolute Gasteiger partial charge is 0.343 e. The van der Waals surface area contributed by atoms with Crippen LogP contribution in [0.4, 0.5) is 8.78 Å². The highest BCUT2D eigenvalue weighted by Crippen LogP contribution is 2.25. The molecule has 21 heavy (non-hydrogen) atoms. The van der Waals surface area contributed by atoms with Gasteiger partial charge >= 0.3 is 5.97 Å². The van der Waals surface area contributed by atoms with Crippen LogP contribution in [0.25, 0.3) is 0 Å². The van der Waals surface area contributed by atoms with Crippen LogP contribution in [0.15, 0.2) is 49.1 Å². The van der Waals surface area contributed by atoms with Gasteiger partial charge in [0.1, 0.15) is 22.4 Å². The fraction of sp³-hybridized carbons (Fsp3) is 0.0625. The molecule has 0 aliphatic rings. The Balaban J connectivity index is 2.16. The summed E-state index contributed by atoms with van der Waals surface area (Å²) in [7, 11) is 0. The SMILES string of the molecule is C=CCc1ccc(C(=O)Oc2cc(F)c(Cl)c(F)c2)cc1. The summed E-state index contributed by atoms with van der Waals surface area (Å²) in [5.74, 6) is -2.92. The molecular formula is C16H11ClF2O2. The van der Waals surface area contributed by atoms with E-state index in [2.05, 4.69) is 6.58 Å². The van der Waals surface area contributed by atoms with Gasteiger partial charge in [-0.25, -0.2) is 13.6 Å². The van der Waals surface area contributed by atoms with Gasteiger partial charge in [0.15, 0.2) is 0 Å². The molecular weight excluding hydrogens is 298 g/mol. The lowest BCUT2D eigenvalue weighted by Crippen LogP contribution is -2.09. The second-order valence-electron chi connectivity index (χ2n) is 4.28. The Kier molecular flexibility index (Phi) is 4.70. The molecule has 0 bridgehead atoms. The lowest BCUT2D eigenvalue weighted by Gasteiger charge is -2.06. The molecule has 5 heteroatoms. The van der Waals surface area contributed by atoms with Gasteiger partial charge in [0.05, 0.1) is 5.56 Å². The zero-order valence-electron chi connectivity index (χ0n) is 10.9. The minimum absolute atomic E-state index is 0.241. The van der Waals surface area contributed by atoms with E-state index in [1.807, 2.05) is 0 Å². The summed E-state index contributed by atoms with van der Waals surface area (Å²) in [6.07, 6.45) is 2.43. The number of hydrogen-bond acceptors (Lipinski definition) is 2. The van der Waals surface area contributed by atoms with E-state index in [-0.39, 0.29) is 11.3 Å². The zero-order chi connectivity index (χ0) is 15.4. The monoisotopic (exact) mass is 308 g/mol. The molecule has 0 atom stereocenters. The van der Waals surface area contributed by atoms with Crippen LogP contribution in [0.2, 0.25) is 5.02 Å². The summed E-state index contributed by atoms with van der Waals surface area (Å²) < 4.78 is 31.4. The molecule has 2 aromatic rings. The van der Waals surface area contributed by atoms with Crippen LogP contribution in [-0.2, 0) is 6.42 Å². The highest BCUT2D eigenvalue weighted by molar-refractivity contribution is 6.30. The van der Waals surface area contributed by atoms with Crippen LogP contribution in [0.1, 0.15) is 15.9 Å². The predicted molar refractivity (Wildman–Crippen MR) is 76.7 cm³/mol. The van der Waals surface area contributed by atoms with E-state index >= 15 is 0 Å². The number of benzene rings is 2. The molecule has 0 radical (unpaired) electrons. The second kappa shape index (κ2) is 6.50. The average molecular weight is 309 g/mol. The Morgan fingerprint density at radius 3 is 2.29 bits per heavy atom. The van der Waals surface area contributed by atoms with Gasteiger partial charge in [-0.3, -0.25) is 0 Å². The standard InChI is InChI=1S/C16H11ClF2O2/c1-2-3-10-4-6-11(7-5-10)16(20)21-12-8-13(18)15(17)14(19)9-12/h2,4-9H,1,3H2. The van der Waals surface area contributed by atoms with Gasteiger partial charge in [0, 0.05) is 12.1 Å². The summed E-state index contributed by atoms with van der Waals surface area (Å²) in [6.45, 7) is 3.62. The first kappa shape index (κ1) is 15.2. The van der Waals surface area contributed by atoms with Crippen molar-refractivity contribution in [1.29, 1.82) is 0 Å². The maximum Gasteiger partial charge on any atom is 0.343 e. The van der Waals surface area contributed by atoms with E-state index in [4.69, 9.17) is 16.3 Å². The van der Waals surface area contributed by atoms with Gasteiger partial charge in [0.25, 0.3) is 0 Å². The minimum Gasteiger partial charge on any atom is -0.423 e. The van der Waals surface area contributed by atoms with Crippen LogP contribution < -0.4 is 4.74 Å². The Morgan fingerprint density at radius 2 is 1.76 bits per heavy atom. The topological polar surface area (TPSA) is 26.3 Å². The number of ether oxygens (including phenoxy) is 1. The lowest BCUT2D eigenvalue weighted by atomic mass is 10.1. The number of carbonyl (C=O) groups is 1. The first-order valence-electron chi connectivity index (χ1n) is 6.08. The molecule has 0 aliphatic heterocycles. The molecule has 0 spiro atoms. The van der Waals surface area contributed by atoms with E-state index in [1.165, 1.54) is 0 Å². The van der Waals surface area contributed by atoms with Crippen LogP contribution in [-0.4, -0.2) is 5.97 Å². The van der Waals surface area contributed by atoms with E-state index in [9.17, 15) is 13.6 Å². The summed E-state index contributed by atoms with van der Waals surface area (Å²) in [5, 5.41) is -0.636. The van der Waals surface area contributed by atoms with Crippen LogP contribution >= 0.6 is 11.6 Å². The molecule has 0 amide bonds. The average Bonchev–Trinajstić information content (AvgIpc) is 2.45. The van der Waals surface area contributed by atoms with Gasteiger partial charge in [-0.1, -0.05) is 29.8 Å². The fourth-order valence-electron chi connectivity index (χ4n) is 1.70. The predicted octanol–water partition coefficient (Wildman–Crippen LogP) is 4.57. The number of allylic oxidation sites excluding steroid dienone is 1. The summed E-state index contributed by atoms with van der Waals surface area (Å²) in [5.41, 5.74) is 1.27. The number of hydrogen-bond donors (Lipinski definition) is 0. The number of rotatable bonds is 4. The molecule has 0 saturated heterocycles. The van der Waals surface area contributed by atoms with E-state index in [0.717, 1.165) is 17.7 Å². The first-order valence-corrected chi connectivity index (χ1v) is 6.45. The molecule has 0 N–H and O–H groups in total. The third-order valence-corrected chi connectivity index (χ3v) is 3.10. The van der Waals surface area contributed by atoms with Gasteiger partial charge in [0.2, 0.25) is 0 Å². The van der Waals surface area contributed by atoms with Crippen molar-refractivity contribution in [3.63, 3.8) is 0 Å². The van der Waals surface area contributed by atoms with Gasteiger partial charge in [-0.05, 0) is 24.1 Å².